The Labute approximate surface area is 133 Å². The van der Waals surface area contributed by atoms with Crippen LogP contribution in [0.3, 0.4) is 0 Å². The summed E-state index contributed by atoms with van der Waals surface area (Å²) in [6.07, 6.45) is 6.11. The fourth-order valence-corrected chi connectivity index (χ4v) is 3.60. The Kier molecular flexibility index (Phi) is 5.91. The summed E-state index contributed by atoms with van der Waals surface area (Å²) in [6.45, 7) is 2.18. The van der Waals surface area contributed by atoms with Gasteiger partial charge in [0.15, 0.2) is 0 Å². The minimum Gasteiger partial charge on any atom is -0.299 e. The third kappa shape index (κ3) is 4.12. The highest BCUT2D eigenvalue weighted by atomic mass is 79.9. The zero-order valence-corrected chi connectivity index (χ0v) is 13.9. The van der Waals surface area contributed by atoms with Crippen LogP contribution in [0.2, 0.25) is 0 Å². The van der Waals surface area contributed by atoms with E-state index in [1.807, 2.05) is 0 Å². The van der Waals surface area contributed by atoms with Gasteiger partial charge in [-0.25, -0.2) is 8.78 Å². The van der Waals surface area contributed by atoms with Crippen molar-refractivity contribution in [2.24, 2.45) is 11.8 Å². The Morgan fingerprint density at radius 2 is 1.90 bits per heavy atom. The number of ketones is 1. The summed E-state index contributed by atoms with van der Waals surface area (Å²) < 4.78 is 27.8. The van der Waals surface area contributed by atoms with Crippen molar-refractivity contribution in [3.05, 3.63) is 33.8 Å². The van der Waals surface area contributed by atoms with Crippen LogP contribution in [0.4, 0.5) is 8.78 Å². The molecule has 0 radical (unpaired) electrons. The summed E-state index contributed by atoms with van der Waals surface area (Å²) in [7, 11) is 0. The highest BCUT2D eigenvalue weighted by molar-refractivity contribution is 9.10. The molecule has 4 heteroatoms. The minimum absolute atomic E-state index is 0.0270. The van der Waals surface area contributed by atoms with Crippen molar-refractivity contribution in [1.29, 1.82) is 0 Å². The molecular weight excluding hydrogens is 338 g/mol. The quantitative estimate of drug-likeness (QED) is 0.640. The van der Waals surface area contributed by atoms with Gasteiger partial charge in [0.05, 0.1) is 4.47 Å². The molecule has 0 amide bonds. The molecule has 0 bridgehead atoms. The van der Waals surface area contributed by atoms with Crippen LogP contribution in [0.25, 0.3) is 0 Å². The first-order valence-corrected chi connectivity index (χ1v) is 8.47. The Hall–Kier alpha value is -0.770. The SMILES string of the molecule is CCCC1CCC(C(=O)Cc2c(F)ccc(Br)c2F)CC1. The second-order valence-electron chi connectivity index (χ2n) is 5.97. The normalized spacial score (nSPS) is 22.3. The first-order valence-electron chi connectivity index (χ1n) is 7.68. The van der Waals surface area contributed by atoms with E-state index in [1.165, 1.54) is 25.0 Å². The lowest BCUT2D eigenvalue weighted by atomic mass is 9.77. The van der Waals surface area contributed by atoms with Crippen LogP contribution in [0.5, 0.6) is 0 Å². The van der Waals surface area contributed by atoms with Gasteiger partial charge in [-0.1, -0.05) is 19.8 Å². The van der Waals surface area contributed by atoms with Crippen LogP contribution in [-0.4, -0.2) is 5.78 Å². The standard InChI is InChI=1S/C17H21BrF2O/c1-2-3-11-4-6-12(7-5-11)16(21)10-13-15(19)9-8-14(18)17(13)20/h8-9,11-12H,2-7,10H2,1H3. The van der Waals surface area contributed by atoms with Gasteiger partial charge in [-0.2, -0.15) is 0 Å². The lowest BCUT2D eigenvalue weighted by Gasteiger charge is -2.27. The predicted molar refractivity (Wildman–Crippen MR) is 83.1 cm³/mol. The van der Waals surface area contributed by atoms with Crippen molar-refractivity contribution in [3.63, 3.8) is 0 Å². The summed E-state index contributed by atoms with van der Waals surface area (Å²) >= 11 is 3.04. The summed E-state index contributed by atoms with van der Waals surface area (Å²) in [5.74, 6) is -0.623. The van der Waals surface area contributed by atoms with Crippen LogP contribution in [0.1, 0.15) is 51.0 Å². The molecule has 116 valence electrons. The largest absolute Gasteiger partial charge is 0.299 e. The van der Waals surface area contributed by atoms with Crippen molar-refractivity contribution in [1.82, 2.24) is 0 Å². The molecule has 1 aliphatic carbocycles. The number of carbonyl (C=O) groups excluding carboxylic acids is 1. The van der Waals surface area contributed by atoms with E-state index in [9.17, 15) is 13.6 Å². The van der Waals surface area contributed by atoms with Crippen molar-refractivity contribution < 1.29 is 13.6 Å². The molecule has 0 aromatic heterocycles. The highest BCUT2D eigenvalue weighted by Crippen LogP contribution is 2.33. The van der Waals surface area contributed by atoms with E-state index in [0.717, 1.165) is 31.6 Å². The summed E-state index contributed by atoms with van der Waals surface area (Å²) in [5.41, 5.74) is -0.106. The van der Waals surface area contributed by atoms with Gasteiger partial charge in [0.25, 0.3) is 0 Å². The number of benzene rings is 1. The molecule has 0 spiro atoms. The molecule has 21 heavy (non-hydrogen) atoms. The fourth-order valence-electron chi connectivity index (χ4n) is 3.23. The van der Waals surface area contributed by atoms with Gasteiger partial charge in [0.2, 0.25) is 0 Å². The zero-order valence-electron chi connectivity index (χ0n) is 12.3. The number of hydrogen-bond donors (Lipinski definition) is 0. The van der Waals surface area contributed by atoms with Crippen molar-refractivity contribution in [2.45, 2.75) is 51.9 Å². The van der Waals surface area contributed by atoms with E-state index in [0.29, 0.717) is 0 Å². The topological polar surface area (TPSA) is 17.1 Å². The summed E-state index contributed by atoms with van der Waals surface area (Å²) in [6, 6.07) is 2.53. The molecule has 1 nitrogen and oxygen atoms in total. The molecule has 0 atom stereocenters. The van der Waals surface area contributed by atoms with Gasteiger partial charge in [0, 0.05) is 17.9 Å². The van der Waals surface area contributed by atoms with E-state index < -0.39 is 11.6 Å². The number of rotatable bonds is 5. The molecule has 1 aromatic carbocycles. The van der Waals surface area contributed by atoms with Crippen LogP contribution in [0, 0.1) is 23.5 Å². The minimum atomic E-state index is -0.650. The van der Waals surface area contributed by atoms with E-state index in [1.54, 1.807) is 0 Å². The van der Waals surface area contributed by atoms with E-state index in [-0.39, 0.29) is 28.2 Å². The van der Waals surface area contributed by atoms with Gasteiger partial charge in [-0.15, -0.1) is 0 Å². The van der Waals surface area contributed by atoms with Crippen molar-refractivity contribution in [3.8, 4) is 0 Å². The molecule has 0 heterocycles. The molecule has 0 unspecified atom stereocenters. The van der Waals surface area contributed by atoms with Crippen molar-refractivity contribution in [2.75, 3.05) is 0 Å². The smallest absolute Gasteiger partial charge is 0.143 e. The first-order chi connectivity index (χ1) is 10.0. The monoisotopic (exact) mass is 358 g/mol. The number of Topliss-reactive ketones (excluding diaryl/α,β-unsaturated/α-hetero) is 1. The number of halogens is 3. The molecule has 1 aromatic rings. The second kappa shape index (κ2) is 7.48. The lowest BCUT2D eigenvalue weighted by Crippen LogP contribution is -2.24. The average Bonchev–Trinajstić information content (AvgIpc) is 2.48. The van der Waals surface area contributed by atoms with E-state index in [4.69, 9.17) is 0 Å². The predicted octanol–water partition coefficient (Wildman–Crippen LogP) is 5.45. The lowest BCUT2D eigenvalue weighted by molar-refractivity contribution is -0.123. The second-order valence-corrected chi connectivity index (χ2v) is 6.83. The third-order valence-corrected chi connectivity index (χ3v) is 5.10. The third-order valence-electron chi connectivity index (χ3n) is 4.49. The molecule has 0 aliphatic heterocycles. The molecule has 0 saturated heterocycles. The van der Waals surface area contributed by atoms with Gasteiger partial charge in [-0.05, 0) is 59.7 Å². The number of hydrogen-bond acceptors (Lipinski definition) is 1. The van der Waals surface area contributed by atoms with Crippen LogP contribution < -0.4 is 0 Å². The maximum absolute atomic E-state index is 13.9. The van der Waals surface area contributed by atoms with E-state index in [2.05, 4.69) is 22.9 Å². The molecular formula is C17H21BrF2O. The highest BCUT2D eigenvalue weighted by Gasteiger charge is 2.27. The van der Waals surface area contributed by atoms with Gasteiger partial charge < -0.3 is 0 Å². The first kappa shape index (κ1) is 16.6. The summed E-state index contributed by atoms with van der Waals surface area (Å²) in [5, 5.41) is 0. The Morgan fingerprint density at radius 3 is 2.52 bits per heavy atom. The average molecular weight is 359 g/mol. The fraction of sp³-hybridized carbons (Fsp3) is 0.588. The molecule has 2 rings (SSSR count). The molecule has 0 N–H and O–H groups in total. The Balaban J connectivity index is 1.98. The van der Waals surface area contributed by atoms with Crippen LogP contribution >= 0.6 is 15.9 Å². The van der Waals surface area contributed by atoms with Crippen LogP contribution in [0.15, 0.2) is 16.6 Å². The van der Waals surface area contributed by atoms with Gasteiger partial charge in [0.1, 0.15) is 17.4 Å². The molecule has 1 aliphatic rings. The molecule has 1 fully saturated rings. The van der Waals surface area contributed by atoms with Crippen molar-refractivity contribution >= 4 is 21.7 Å². The Bertz CT molecular complexity index is 508. The summed E-state index contributed by atoms with van der Waals surface area (Å²) in [4.78, 5) is 12.3. The zero-order chi connectivity index (χ0) is 15.4. The molecule has 1 saturated carbocycles. The van der Waals surface area contributed by atoms with Gasteiger partial charge >= 0.3 is 0 Å². The van der Waals surface area contributed by atoms with Gasteiger partial charge in [-0.3, -0.25) is 4.79 Å². The maximum atomic E-state index is 13.9. The number of carbonyl (C=O) groups is 1. The van der Waals surface area contributed by atoms with Crippen LogP contribution in [-0.2, 0) is 11.2 Å². The van der Waals surface area contributed by atoms with E-state index >= 15 is 0 Å². The Morgan fingerprint density at radius 1 is 1.24 bits per heavy atom. The maximum Gasteiger partial charge on any atom is 0.143 e.